The molecule has 0 aliphatic carbocycles. The van der Waals surface area contributed by atoms with Crippen LogP contribution in [0.2, 0.25) is 41.2 Å². The topological polar surface area (TPSA) is 64.1 Å². The number of rotatable bonds is 23. The van der Waals surface area contributed by atoms with E-state index in [2.05, 4.69) is 211 Å². The van der Waals surface area contributed by atoms with E-state index in [1.165, 1.54) is 118 Å². The SMILES string of the molecule is BrCCc1ccc2ccccc2c1.CCCCCBr.CCCCC[n+]1cn(CCc2ccc3ccccc3c2)c(Cl)c1Cl.CCCCC[n+]1cn(CCc2ccc3ccccc3c2)c(Cl)c1Cl.CCCCCn1cnc(Cl)c1Cl.Clc1nc[nH]c1Cl.[Br-].[Br-]. The van der Waals surface area contributed by atoms with Gasteiger partial charge in [0.1, 0.15) is 10.3 Å². The lowest BCUT2D eigenvalue weighted by atomic mass is 10.1. The normalized spacial score (nSPS) is 10.5. The van der Waals surface area contributed by atoms with Gasteiger partial charge in [-0.15, -0.1) is 0 Å². The van der Waals surface area contributed by atoms with Gasteiger partial charge in [-0.05, 0) is 140 Å². The fourth-order valence-corrected chi connectivity index (χ4v) is 11.5. The van der Waals surface area contributed by atoms with Gasteiger partial charge in [-0.2, -0.15) is 0 Å². The molecule has 0 spiro atoms. The highest BCUT2D eigenvalue weighted by Crippen LogP contribution is 2.24. The Morgan fingerprint density at radius 1 is 0.409 bits per heavy atom. The third-order valence-corrected chi connectivity index (χ3v) is 18.2. The monoisotopic (exact) mass is 1610 g/mol. The van der Waals surface area contributed by atoms with Gasteiger partial charge in [0.15, 0.2) is 10.3 Å². The fourth-order valence-electron chi connectivity index (χ4n) is 9.13. The second-order valence-electron chi connectivity index (χ2n) is 20.7. The molecule has 0 unspecified atom stereocenters. The van der Waals surface area contributed by atoms with Gasteiger partial charge < -0.3 is 43.5 Å². The molecule has 4 aromatic heterocycles. The van der Waals surface area contributed by atoms with E-state index in [4.69, 9.17) is 92.8 Å². The Labute approximate surface area is 600 Å². The first-order chi connectivity index (χ1) is 41.7. The summed E-state index contributed by atoms with van der Waals surface area (Å²) in [6.07, 6.45) is 24.8. The van der Waals surface area contributed by atoms with Gasteiger partial charge in [-0.3, -0.25) is 0 Å². The van der Waals surface area contributed by atoms with E-state index in [1.54, 1.807) is 6.33 Å². The lowest BCUT2D eigenvalue weighted by Gasteiger charge is -2.03. The van der Waals surface area contributed by atoms with Crippen LogP contribution in [-0.2, 0) is 52.0 Å². The lowest BCUT2D eigenvalue weighted by molar-refractivity contribution is -0.694. The van der Waals surface area contributed by atoms with Crippen LogP contribution in [0.15, 0.2) is 153 Å². The second-order valence-corrected chi connectivity index (χ2v) is 25.2. The average Bonchev–Trinajstić information content (AvgIpc) is 3.86. The number of hydrogen-bond donors (Lipinski definition) is 1. The van der Waals surface area contributed by atoms with Crippen molar-refractivity contribution in [3.05, 3.63) is 211 Å². The minimum atomic E-state index is 0. The van der Waals surface area contributed by atoms with Crippen molar-refractivity contribution < 1.29 is 43.1 Å². The summed E-state index contributed by atoms with van der Waals surface area (Å²) >= 11 is 54.6. The molecule has 0 saturated heterocycles. The van der Waals surface area contributed by atoms with Crippen molar-refractivity contribution in [3.8, 4) is 0 Å². The second kappa shape index (κ2) is 45.5. The van der Waals surface area contributed by atoms with Crippen LogP contribution >= 0.6 is 125 Å². The molecule has 4 heterocycles. The number of benzene rings is 6. The molecule has 88 heavy (non-hydrogen) atoms. The minimum Gasteiger partial charge on any atom is -1.00 e. The quantitative estimate of drug-likeness (QED) is 0.0394. The number of nitrogens with zero attached hydrogens (tertiary/aromatic N) is 7. The Morgan fingerprint density at radius 3 is 1.14 bits per heavy atom. The van der Waals surface area contributed by atoms with Gasteiger partial charge >= 0.3 is 0 Å². The number of fused-ring (bicyclic) bond motifs is 3. The van der Waals surface area contributed by atoms with Crippen LogP contribution in [0.4, 0.5) is 0 Å². The lowest BCUT2D eigenvalue weighted by Crippen LogP contribution is -3.00. The largest absolute Gasteiger partial charge is 1.00 e. The number of unbranched alkanes of at least 4 members (excludes halogenated alkanes) is 8. The van der Waals surface area contributed by atoms with Crippen molar-refractivity contribution in [2.24, 2.45) is 0 Å². The highest BCUT2D eigenvalue weighted by atomic mass is 79.9. The van der Waals surface area contributed by atoms with Gasteiger partial charge in [-0.25, -0.2) is 28.2 Å². The first-order valence-corrected chi connectivity index (χ1v) is 35.1. The van der Waals surface area contributed by atoms with E-state index in [1.807, 2.05) is 26.4 Å². The Balaban J connectivity index is 0.000000294. The van der Waals surface area contributed by atoms with Crippen LogP contribution in [0.25, 0.3) is 32.3 Å². The maximum absolute atomic E-state index is 6.40. The van der Waals surface area contributed by atoms with Crippen molar-refractivity contribution >= 4 is 157 Å². The van der Waals surface area contributed by atoms with Gasteiger partial charge in [-0.1, -0.05) is 272 Å². The number of halogens is 12. The molecule has 0 fully saturated rings. The third kappa shape index (κ3) is 27.4. The summed E-state index contributed by atoms with van der Waals surface area (Å²) in [4.78, 5) is 10.1. The predicted molar refractivity (Wildman–Crippen MR) is 379 cm³/mol. The molecule has 1 N–H and O–H groups in total. The number of nitrogens with one attached hydrogen (secondary N) is 1. The van der Waals surface area contributed by atoms with E-state index in [0.717, 1.165) is 76.6 Å². The number of aryl methyl sites for hydroxylation is 8. The van der Waals surface area contributed by atoms with Crippen molar-refractivity contribution in [3.63, 3.8) is 0 Å². The van der Waals surface area contributed by atoms with Crippen LogP contribution in [-0.4, -0.2) is 39.3 Å². The number of alkyl halides is 2. The molecule has 6 aromatic carbocycles. The van der Waals surface area contributed by atoms with Gasteiger partial charge in [0.05, 0.1) is 38.8 Å². The average molecular weight is 1610 g/mol. The van der Waals surface area contributed by atoms with Crippen molar-refractivity contribution in [1.82, 2.24) is 28.7 Å². The molecule has 478 valence electrons. The Hall–Kier alpha value is -2.82. The summed E-state index contributed by atoms with van der Waals surface area (Å²) < 4.78 is 10.1. The fraction of sp³-hybridized carbons (Fsp3) is 0.382. The van der Waals surface area contributed by atoms with Gasteiger partial charge in [0, 0.05) is 30.0 Å². The summed E-state index contributed by atoms with van der Waals surface area (Å²) in [5.41, 5.74) is 4.02. The number of aromatic nitrogens is 8. The summed E-state index contributed by atoms with van der Waals surface area (Å²) in [5.74, 6) is 0. The van der Waals surface area contributed by atoms with Gasteiger partial charge in [0.2, 0.25) is 12.7 Å². The van der Waals surface area contributed by atoms with Crippen molar-refractivity contribution in [2.75, 3.05) is 10.7 Å². The predicted octanol–water partition coefficient (Wildman–Crippen LogP) is 16.8. The minimum absolute atomic E-state index is 0. The summed E-state index contributed by atoms with van der Waals surface area (Å²) in [5, 5.41) is 14.2. The molecule has 0 aliphatic heterocycles. The van der Waals surface area contributed by atoms with E-state index in [-0.39, 0.29) is 34.0 Å². The maximum atomic E-state index is 6.40. The van der Waals surface area contributed by atoms with Crippen LogP contribution in [0, 0.1) is 0 Å². The highest BCUT2D eigenvalue weighted by Gasteiger charge is 2.21. The van der Waals surface area contributed by atoms with Crippen molar-refractivity contribution in [1.29, 1.82) is 0 Å². The van der Waals surface area contributed by atoms with Crippen LogP contribution < -0.4 is 43.1 Å². The molecule has 10 aromatic rings. The van der Waals surface area contributed by atoms with E-state index >= 15 is 0 Å². The third-order valence-electron chi connectivity index (χ3n) is 14.0. The summed E-state index contributed by atoms with van der Waals surface area (Å²) in [6.45, 7) is 13.2. The molecule has 0 bridgehead atoms. The molecule has 0 radical (unpaired) electrons. The molecule has 8 nitrogen and oxygen atoms in total. The van der Waals surface area contributed by atoms with E-state index in [0.29, 0.717) is 41.2 Å². The van der Waals surface area contributed by atoms with Crippen LogP contribution in [0.1, 0.15) is 121 Å². The number of imidazole rings is 4. The Kier molecular flexibility index (Phi) is 41.0. The highest BCUT2D eigenvalue weighted by molar-refractivity contribution is 9.09. The number of hydrogen-bond acceptors (Lipinski definition) is 2. The van der Waals surface area contributed by atoms with Gasteiger partial charge in [0.25, 0.3) is 20.6 Å². The standard InChI is InChI=1S/2C20H23Cl2N2.C12H11Br.C8H12Cl2N2.C5H11Br.C3H2Cl2N2.2BrH/c2*1-2-3-6-12-23-15-24(20(22)19(23)21)13-11-16-9-10-17-7-4-5-8-18(17)14-16;13-8-7-10-5-6-11-3-1-2-4-12(11)9-10;1-2-3-4-5-12-6-11-7(9)8(12)10;1-2-3-4-5-6;4-2-3(5)7-1-6-2;;/h2*4-5,7-10,14-15H,2-3,6,11-13H2,1H3;1-6,9H,7-8H2;6H,2-5H2,1H3;2-5H2,1H3;1H,(H,6,7);2*1H/q2*+1;;;;;;/p-2. The molecular weight excluding hydrogens is 1530 g/mol. The van der Waals surface area contributed by atoms with Crippen molar-refractivity contribution in [2.45, 2.75) is 157 Å². The molecule has 0 amide bonds. The van der Waals surface area contributed by atoms with Crippen LogP contribution in [0.5, 0.6) is 0 Å². The first kappa shape index (κ1) is 79.4. The molecule has 10 rings (SSSR count). The molecule has 0 atom stereocenters. The summed E-state index contributed by atoms with van der Waals surface area (Å²) in [6, 6.07) is 45.2. The Morgan fingerprint density at radius 2 is 0.807 bits per heavy atom. The first-order valence-electron chi connectivity index (χ1n) is 29.9. The van der Waals surface area contributed by atoms with E-state index < -0.39 is 0 Å². The summed E-state index contributed by atoms with van der Waals surface area (Å²) in [7, 11) is 0. The molecule has 0 saturated carbocycles. The Bertz CT molecular complexity index is 3370. The number of aromatic amines is 1. The maximum Gasteiger partial charge on any atom is 0.255 e. The zero-order chi connectivity index (χ0) is 62.1. The molecule has 20 heteroatoms. The van der Waals surface area contributed by atoms with Crippen LogP contribution in [0.3, 0.4) is 0 Å². The van der Waals surface area contributed by atoms with E-state index in [9.17, 15) is 0 Å². The molecular formula is C68H82Br4Cl8N8. The zero-order valence-corrected chi connectivity index (χ0v) is 63.0. The zero-order valence-electron chi connectivity index (χ0n) is 50.7. The number of H-pyrrole nitrogens is 1. The molecule has 0 aliphatic rings. The smallest absolute Gasteiger partial charge is 0.255 e.